The number of benzene rings is 2. The molecular weight excluding hydrogens is 372 g/mol. The summed E-state index contributed by atoms with van der Waals surface area (Å²) in [5.74, 6) is 1.96. The number of aryl methyl sites for hydroxylation is 3. The second-order valence-corrected chi connectivity index (χ2v) is 8.02. The molecule has 0 amide bonds. The third-order valence-electron chi connectivity index (χ3n) is 5.68. The van der Waals surface area contributed by atoms with E-state index in [1.807, 2.05) is 34.5 Å². The smallest absolute Gasteiger partial charge is 0.147 e. The van der Waals surface area contributed by atoms with Crippen molar-refractivity contribution >= 4 is 0 Å². The van der Waals surface area contributed by atoms with Crippen LogP contribution in [0.1, 0.15) is 29.2 Å². The van der Waals surface area contributed by atoms with Gasteiger partial charge in [-0.05, 0) is 32.4 Å². The van der Waals surface area contributed by atoms with E-state index in [1.54, 1.807) is 0 Å². The number of para-hydroxylation sites is 1. The molecule has 0 spiro atoms. The Morgan fingerprint density at radius 1 is 1.00 bits per heavy atom. The zero-order valence-corrected chi connectivity index (χ0v) is 17.4. The van der Waals surface area contributed by atoms with Crippen molar-refractivity contribution in [1.29, 1.82) is 0 Å². The molecule has 30 heavy (non-hydrogen) atoms. The van der Waals surface area contributed by atoms with Gasteiger partial charge in [0, 0.05) is 36.3 Å². The largest absolute Gasteiger partial charge is 0.308 e. The molecule has 6 heteroatoms. The summed E-state index contributed by atoms with van der Waals surface area (Å²) in [6.07, 6.45) is 4.18. The fourth-order valence-electron chi connectivity index (χ4n) is 4.06. The van der Waals surface area contributed by atoms with Crippen LogP contribution in [-0.2, 0) is 19.5 Å². The van der Waals surface area contributed by atoms with Gasteiger partial charge in [-0.15, -0.1) is 0 Å². The lowest BCUT2D eigenvalue weighted by Crippen LogP contribution is -2.37. The molecule has 4 aromatic rings. The van der Waals surface area contributed by atoms with Gasteiger partial charge in [0.2, 0.25) is 0 Å². The number of nitrogens with one attached hydrogen (secondary N) is 1. The van der Waals surface area contributed by atoms with Gasteiger partial charge in [0.1, 0.15) is 11.6 Å². The number of nitrogens with zero attached hydrogens (tertiary/aromatic N) is 5. The number of hydrogen-bond donors (Lipinski definition) is 1. The minimum atomic E-state index is 0.379. The first-order valence-electron chi connectivity index (χ1n) is 10.5. The van der Waals surface area contributed by atoms with E-state index in [1.165, 1.54) is 11.1 Å². The molecule has 0 aliphatic carbocycles. The van der Waals surface area contributed by atoms with Crippen LogP contribution in [0.2, 0.25) is 0 Å². The molecule has 0 bridgehead atoms. The minimum absolute atomic E-state index is 0.379. The maximum absolute atomic E-state index is 4.93. The molecule has 1 aliphatic heterocycles. The summed E-state index contributed by atoms with van der Waals surface area (Å²) in [5.41, 5.74) is 5.69. The fraction of sp³-hybridized carbons (Fsp3) is 0.292. The van der Waals surface area contributed by atoms with Gasteiger partial charge < -0.3 is 5.32 Å². The molecule has 1 unspecified atom stereocenters. The lowest BCUT2D eigenvalue weighted by molar-refractivity contribution is 0.358. The summed E-state index contributed by atoms with van der Waals surface area (Å²) in [7, 11) is 0. The highest BCUT2D eigenvalue weighted by Crippen LogP contribution is 2.25. The molecule has 2 aromatic heterocycles. The third-order valence-corrected chi connectivity index (χ3v) is 5.68. The second kappa shape index (κ2) is 7.88. The summed E-state index contributed by atoms with van der Waals surface area (Å²) in [6.45, 7) is 5.70. The van der Waals surface area contributed by atoms with E-state index in [2.05, 4.69) is 64.9 Å². The molecule has 152 valence electrons. The topological polar surface area (TPSA) is 60.6 Å². The number of aromatic nitrogens is 5. The van der Waals surface area contributed by atoms with Crippen LogP contribution in [0.3, 0.4) is 0 Å². The zero-order chi connectivity index (χ0) is 20.5. The van der Waals surface area contributed by atoms with Crippen LogP contribution in [0, 0.1) is 13.8 Å². The summed E-state index contributed by atoms with van der Waals surface area (Å²) in [4.78, 5) is 4.51. The minimum Gasteiger partial charge on any atom is -0.308 e. The molecular formula is C24H26N6. The first-order valence-corrected chi connectivity index (χ1v) is 10.5. The van der Waals surface area contributed by atoms with E-state index in [0.717, 1.165) is 54.5 Å². The lowest BCUT2D eigenvalue weighted by Gasteiger charge is -2.23. The molecule has 1 atom stereocenters. The molecule has 0 fully saturated rings. The molecule has 5 rings (SSSR count). The predicted molar refractivity (Wildman–Crippen MR) is 117 cm³/mol. The van der Waals surface area contributed by atoms with Gasteiger partial charge >= 0.3 is 0 Å². The Balaban J connectivity index is 1.40. The predicted octanol–water partition coefficient (Wildman–Crippen LogP) is 3.85. The Hall–Kier alpha value is -3.25. The number of rotatable bonds is 5. The van der Waals surface area contributed by atoms with Gasteiger partial charge in [-0.1, -0.05) is 48.0 Å². The average molecular weight is 399 g/mol. The Morgan fingerprint density at radius 3 is 2.60 bits per heavy atom. The molecule has 3 heterocycles. The van der Waals surface area contributed by atoms with Gasteiger partial charge in [-0.2, -0.15) is 10.2 Å². The van der Waals surface area contributed by atoms with E-state index in [-0.39, 0.29) is 0 Å². The summed E-state index contributed by atoms with van der Waals surface area (Å²) < 4.78 is 4.02. The molecule has 0 saturated heterocycles. The van der Waals surface area contributed by atoms with Crippen molar-refractivity contribution in [3.8, 4) is 16.9 Å². The van der Waals surface area contributed by atoms with Crippen LogP contribution in [0.25, 0.3) is 16.9 Å². The Bertz CT molecular complexity index is 1140. The third kappa shape index (κ3) is 3.78. The maximum Gasteiger partial charge on any atom is 0.147 e. The monoisotopic (exact) mass is 398 g/mol. The van der Waals surface area contributed by atoms with Crippen molar-refractivity contribution < 1.29 is 0 Å². The van der Waals surface area contributed by atoms with Crippen molar-refractivity contribution in [2.45, 2.75) is 45.8 Å². The molecule has 1 aliphatic rings. The molecule has 0 radical (unpaired) electrons. The van der Waals surface area contributed by atoms with Crippen molar-refractivity contribution in [2.24, 2.45) is 0 Å². The standard InChI is InChI=1S/C24H26N6/c1-17-8-10-19(11-9-17)24-20(15-29(28-24)22-6-4-3-5-7-22)14-25-21-12-13-23-26-18(2)27-30(23)16-21/h3-11,15,21,25H,12-14,16H2,1-2H3. The molecule has 1 N–H and O–H groups in total. The highest BCUT2D eigenvalue weighted by Gasteiger charge is 2.21. The van der Waals surface area contributed by atoms with Crippen LogP contribution >= 0.6 is 0 Å². The highest BCUT2D eigenvalue weighted by atomic mass is 15.4. The first-order chi connectivity index (χ1) is 14.7. The van der Waals surface area contributed by atoms with Crippen molar-refractivity contribution in [2.75, 3.05) is 0 Å². The van der Waals surface area contributed by atoms with Crippen LogP contribution in [0.5, 0.6) is 0 Å². The van der Waals surface area contributed by atoms with Crippen molar-refractivity contribution in [1.82, 2.24) is 29.9 Å². The fourth-order valence-corrected chi connectivity index (χ4v) is 4.06. The number of hydrogen-bond acceptors (Lipinski definition) is 4. The summed E-state index contributed by atoms with van der Waals surface area (Å²) >= 11 is 0. The SMILES string of the molecule is Cc1ccc(-c2nn(-c3ccccc3)cc2CNC2CCc3nc(C)nn3C2)cc1. The zero-order valence-electron chi connectivity index (χ0n) is 17.4. The number of fused-ring (bicyclic) bond motifs is 1. The van der Waals surface area contributed by atoms with E-state index in [9.17, 15) is 0 Å². The van der Waals surface area contributed by atoms with Crippen LogP contribution in [0.4, 0.5) is 0 Å². The van der Waals surface area contributed by atoms with Crippen LogP contribution in [0.15, 0.2) is 60.8 Å². The average Bonchev–Trinajstić information content (AvgIpc) is 3.36. The Kier molecular flexibility index (Phi) is 4.93. The normalized spacial score (nSPS) is 15.9. The summed E-state index contributed by atoms with van der Waals surface area (Å²) in [6, 6.07) is 19.2. The first kappa shape index (κ1) is 18.8. The Labute approximate surface area is 176 Å². The second-order valence-electron chi connectivity index (χ2n) is 8.02. The van der Waals surface area contributed by atoms with Crippen LogP contribution < -0.4 is 5.32 Å². The van der Waals surface area contributed by atoms with E-state index >= 15 is 0 Å². The lowest BCUT2D eigenvalue weighted by atomic mass is 10.0. The summed E-state index contributed by atoms with van der Waals surface area (Å²) in [5, 5.41) is 13.2. The quantitative estimate of drug-likeness (QED) is 0.555. The van der Waals surface area contributed by atoms with Gasteiger partial charge in [-0.3, -0.25) is 0 Å². The van der Waals surface area contributed by atoms with Gasteiger partial charge in [0.05, 0.1) is 17.9 Å². The molecule has 6 nitrogen and oxygen atoms in total. The van der Waals surface area contributed by atoms with Crippen molar-refractivity contribution in [3.05, 3.63) is 83.6 Å². The highest BCUT2D eigenvalue weighted by molar-refractivity contribution is 5.63. The Morgan fingerprint density at radius 2 is 1.80 bits per heavy atom. The van der Waals surface area contributed by atoms with Gasteiger partial charge in [0.25, 0.3) is 0 Å². The van der Waals surface area contributed by atoms with Crippen molar-refractivity contribution in [3.63, 3.8) is 0 Å². The van der Waals surface area contributed by atoms with E-state index in [4.69, 9.17) is 5.10 Å². The molecule has 0 saturated carbocycles. The van der Waals surface area contributed by atoms with Gasteiger partial charge in [-0.25, -0.2) is 14.3 Å². The van der Waals surface area contributed by atoms with E-state index in [0.29, 0.717) is 6.04 Å². The van der Waals surface area contributed by atoms with Crippen LogP contribution in [-0.4, -0.2) is 30.6 Å². The van der Waals surface area contributed by atoms with E-state index < -0.39 is 0 Å². The van der Waals surface area contributed by atoms with Gasteiger partial charge in [0.15, 0.2) is 0 Å². The maximum atomic E-state index is 4.93. The molecule has 2 aromatic carbocycles.